The summed E-state index contributed by atoms with van der Waals surface area (Å²) in [6.45, 7) is 0. The van der Waals surface area contributed by atoms with Crippen LogP contribution in [0.1, 0.15) is 0 Å². The Bertz CT molecular complexity index is 17.8. The molecule has 0 aromatic carbocycles. The fourth-order valence-corrected chi connectivity index (χ4v) is 0. The second kappa shape index (κ2) is 89.5. The zero-order valence-corrected chi connectivity index (χ0v) is 16.8. The second-order valence-corrected chi connectivity index (χ2v) is 0. The smallest absolute Gasteiger partial charge is 2.00 e. The molecule has 56 valence electrons. The van der Waals surface area contributed by atoms with E-state index in [1.54, 1.807) is 0 Å². The van der Waals surface area contributed by atoms with E-state index >= 15 is 0 Å². The van der Waals surface area contributed by atoms with Crippen molar-refractivity contribution in [2.24, 2.45) is 0 Å². The Morgan fingerprint density at radius 3 is 0.444 bits per heavy atom. The molecule has 0 unspecified atom stereocenters. The van der Waals surface area contributed by atoms with E-state index in [1.165, 1.54) is 0 Å². The first-order valence-electron chi connectivity index (χ1n) is 0. The van der Waals surface area contributed by atoms with Crippen molar-refractivity contribution < 1.29 is 92.7 Å². The molecule has 0 N–H and O–H groups in total. The monoisotopic (exact) mass is 774 g/mol. The molecule has 0 aliphatic heterocycles. The van der Waals surface area contributed by atoms with Gasteiger partial charge in [0.15, 0.2) is 0 Å². The minimum absolute atomic E-state index is 0. The normalized spacial score (nSPS) is 0. The topological polar surface area (TPSA) is 85.5 Å². The third kappa shape index (κ3) is 74.0. The van der Waals surface area contributed by atoms with Crippen molar-refractivity contribution in [2.75, 3.05) is 0 Å². The molecule has 3 nitrogen and oxygen atoms in total. The molecule has 9 heavy (non-hydrogen) atoms. The van der Waals surface area contributed by atoms with Crippen molar-refractivity contribution >= 4 is 52.4 Å². The first-order chi connectivity index (χ1) is 0. The van der Waals surface area contributed by atoms with E-state index in [0.717, 1.165) is 0 Å². The van der Waals surface area contributed by atoms with E-state index in [-0.39, 0.29) is 145 Å². The van der Waals surface area contributed by atoms with Gasteiger partial charge in [0.25, 0.3) is 0 Å². The Kier molecular flexibility index (Phi) is 1140. The average molecular weight is 770 g/mol. The Hall–Kier alpha value is 4.06. The van der Waals surface area contributed by atoms with Crippen molar-refractivity contribution in [3.8, 4) is 0 Å². The molecular weight excluding hydrogens is 770 g/mol. The molecule has 9 heteroatoms. The Morgan fingerprint density at radius 2 is 0.444 bits per heavy atom. The SMILES string of the molecule is [Bi+3].[Bi+3].[Fe].[Fe].[Mo].[Mo].[O-2].[O-2].[O-2]. The molecular formula is Bi2Fe2Mo2O3. The summed E-state index contributed by atoms with van der Waals surface area (Å²) in [7, 11) is 0. The van der Waals surface area contributed by atoms with E-state index < -0.39 is 0 Å². The Labute approximate surface area is 142 Å². The van der Waals surface area contributed by atoms with E-state index in [1.807, 2.05) is 0 Å². The second-order valence-electron chi connectivity index (χ2n) is 0. The minimum Gasteiger partial charge on any atom is -2.00 e. The van der Waals surface area contributed by atoms with E-state index in [4.69, 9.17) is 0 Å². The van der Waals surface area contributed by atoms with Crippen molar-refractivity contribution in [2.45, 2.75) is 0 Å². The van der Waals surface area contributed by atoms with Gasteiger partial charge in [-0.1, -0.05) is 0 Å². The minimum atomic E-state index is 0. The molecule has 0 saturated carbocycles. The van der Waals surface area contributed by atoms with Crippen LogP contribution < -0.4 is 0 Å². The van der Waals surface area contributed by atoms with Crippen LogP contribution in [0.15, 0.2) is 0 Å². The summed E-state index contributed by atoms with van der Waals surface area (Å²) in [5.41, 5.74) is 0. The molecule has 0 bridgehead atoms. The summed E-state index contributed by atoms with van der Waals surface area (Å²) in [4.78, 5) is 0. The fourth-order valence-electron chi connectivity index (χ4n) is 0. The van der Waals surface area contributed by atoms with Gasteiger partial charge in [-0.25, -0.2) is 0 Å². The van der Waals surface area contributed by atoms with Crippen LogP contribution in [0.5, 0.6) is 0 Å². The summed E-state index contributed by atoms with van der Waals surface area (Å²) in [5, 5.41) is 0. The largest absolute Gasteiger partial charge is 3.00 e. The molecule has 0 amide bonds. The van der Waals surface area contributed by atoms with Crippen LogP contribution in [0.25, 0.3) is 0 Å². The van der Waals surface area contributed by atoms with Gasteiger partial charge < -0.3 is 16.4 Å². The molecule has 0 aromatic rings. The summed E-state index contributed by atoms with van der Waals surface area (Å²) >= 11 is 0. The predicted octanol–water partition coefficient (Wildman–Crippen LogP) is -1.13. The van der Waals surface area contributed by atoms with Gasteiger partial charge in [-0.15, -0.1) is 0 Å². The number of hydrogen-bond acceptors (Lipinski definition) is 0. The van der Waals surface area contributed by atoms with E-state index in [2.05, 4.69) is 0 Å². The summed E-state index contributed by atoms with van der Waals surface area (Å²) in [5.74, 6) is 0. The average Bonchev–Trinajstić information content (AvgIpc) is 0. The van der Waals surface area contributed by atoms with Gasteiger partial charge in [-0.3, -0.25) is 0 Å². The summed E-state index contributed by atoms with van der Waals surface area (Å²) < 4.78 is 0. The maximum absolute atomic E-state index is 0. The van der Waals surface area contributed by atoms with Crippen LogP contribution >= 0.6 is 0 Å². The quantitative estimate of drug-likeness (QED) is 0.280. The van der Waals surface area contributed by atoms with E-state index in [0.29, 0.717) is 0 Å². The standard InChI is InChI=1S/2Bi.2Fe.2Mo.3O/q2*+3;;;;;3*-2. The molecule has 4 radical (unpaired) electrons. The van der Waals surface area contributed by atoms with Crippen LogP contribution in [0.2, 0.25) is 0 Å². The Balaban J connectivity index is 0. The van der Waals surface area contributed by atoms with Gasteiger partial charge in [0.2, 0.25) is 0 Å². The summed E-state index contributed by atoms with van der Waals surface area (Å²) in [6, 6.07) is 0. The van der Waals surface area contributed by atoms with Gasteiger partial charge in [0.05, 0.1) is 0 Å². The maximum Gasteiger partial charge on any atom is 3.00 e. The van der Waals surface area contributed by atoms with Crippen molar-refractivity contribution in [3.63, 3.8) is 0 Å². The zero-order valence-electron chi connectivity index (χ0n) is 3.64. The third-order valence-corrected chi connectivity index (χ3v) is 0. The van der Waals surface area contributed by atoms with Crippen molar-refractivity contribution in [1.29, 1.82) is 0 Å². The first kappa shape index (κ1) is 115. The molecule has 0 fully saturated rings. The maximum atomic E-state index is 0. The number of rotatable bonds is 0. The zero-order chi connectivity index (χ0) is 0. The molecule has 0 aromatic heterocycles. The van der Waals surface area contributed by atoms with Gasteiger partial charge in [-0.05, 0) is 0 Å². The van der Waals surface area contributed by atoms with Crippen LogP contribution in [-0.2, 0) is 92.7 Å². The van der Waals surface area contributed by atoms with Gasteiger partial charge in [-0.2, -0.15) is 0 Å². The molecule has 0 spiro atoms. The number of hydrogen-bond donors (Lipinski definition) is 0. The van der Waals surface area contributed by atoms with Crippen LogP contribution in [0, 0.1) is 0 Å². The first-order valence-corrected chi connectivity index (χ1v) is 0. The van der Waals surface area contributed by atoms with Crippen molar-refractivity contribution in [1.82, 2.24) is 0 Å². The predicted molar refractivity (Wildman–Crippen MR) is 13.6 cm³/mol. The van der Waals surface area contributed by atoms with Gasteiger partial charge in [0, 0.05) is 76.3 Å². The molecule has 0 aliphatic rings. The van der Waals surface area contributed by atoms with Crippen LogP contribution in [-0.4, -0.2) is 52.4 Å². The summed E-state index contributed by atoms with van der Waals surface area (Å²) in [6.07, 6.45) is 0. The van der Waals surface area contributed by atoms with Crippen LogP contribution in [0.4, 0.5) is 0 Å². The fraction of sp³-hybridized carbons (Fsp3) is 0. The van der Waals surface area contributed by atoms with Crippen molar-refractivity contribution in [3.05, 3.63) is 0 Å². The van der Waals surface area contributed by atoms with Crippen LogP contribution in [0.3, 0.4) is 0 Å². The molecule has 0 rings (SSSR count). The van der Waals surface area contributed by atoms with Gasteiger partial charge in [0.1, 0.15) is 0 Å². The molecule has 0 atom stereocenters. The van der Waals surface area contributed by atoms with E-state index in [9.17, 15) is 0 Å². The molecule has 0 saturated heterocycles. The Morgan fingerprint density at radius 1 is 0.444 bits per heavy atom. The molecule has 0 aliphatic carbocycles. The van der Waals surface area contributed by atoms with Gasteiger partial charge >= 0.3 is 52.4 Å². The molecule has 0 heterocycles. The third-order valence-electron chi connectivity index (χ3n) is 0.